The van der Waals surface area contributed by atoms with E-state index in [4.69, 9.17) is 11.6 Å². The van der Waals surface area contributed by atoms with E-state index < -0.39 is 10.0 Å². The molecule has 16 heavy (non-hydrogen) atoms. The summed E-state index contributed by atoms with van der Waals surface area (Å²) in [7, 11) is -3.13. The van der Waals surface area contributed by atoms with Gasteiger partial charge in [0.25, 0.3) is 0 Å². The summed E-state index contributed by atoms with van der Waals surface area (Å²) < 4.78 is 26.0. The molecule has 1 heterocycles. The van der Waals surface area contributed by atoms with E-state index in [2.05, 4.69) is 6.92 Å². The lowest BCUT2D eigenvalue weighted by atomic mass is 9.94. The third-order valence-electron chi connectivity index (χ3n) is 3.43. The van der Waals surface area contributed by atoms with Gasteiger partial charge in [0.05, 0.1) is 5.75 Å². The minimum atomic E-state index is -3.13. The number of rotatable bonds is 4. The monoisotopic (exact) mass is 267 g/mol. The molecule has 0 spiro atoms. The van der Waals surface area contributed by atoms with Crippen LogP contribution in [0.5, 0.6) is 0 Å². The van der Waals surface area contributed by atoms with Crippen molar-refractivity contribution in [2.24, 2.45) is 11.8 Å². The standard InChI is InChI=1S/C11H22ClNO2S/c1-9(7-12)8-16(14,15)13-6-4-5-10(2)11(13)3/h9-11H,4-8H2,1-3H3. The van der Waals surface area contributed by atoms with Gasteiger partial charge >= 0.3 is 0 Å². The first-order valence-corrected chi connectivity index (χ1v) is 8.08. The number of hydrogen-bond donors (Lipinski definition) is 0. The van der Waals surface area contributed by atoms with Crippen LogP contribution in [0, 0.1) is 11.8 Å². The van der Waals surface area contributed by atoms with Crippen LogP contribution in [-0.2, 0) is 10.0 Å². The molecule has 96 valence electrons. The van der Waals surface area contributed by atoms with Crippen LogP contribution in [-0.4, -0.2) is 36.9 Å². The van der Waals surface area contributed by atoms with Crippen molar-refractivity contribution in [2.75, 3.05) is 18.2 Å². The van der Waals surface area contributed by atoms with E-state index in [9.17, 15) is 8.42 Å². The SMILES string of the molecule is CC(CCl)CS(=O)(=O)N1CCCC(C)C1C. The Hall–Kier alpha value is 0.200. The van der Waals surface area contributed by atoms with E-state index in [1.165, 1.54) is 0 Å². The highest BCUT2D eigenvalue weighted by Gasteiger charge is 2.33. The van der Waals surface area contributed by atoms with E-state index in [1.54, 1.807) is 4.31 Å². The van der Waals surface area contributed by atoms with Crippen LogP contribution < -0.4 is 0 Å². The van der Waals surface area contributed by atoms with Crippen LogP contribution in [0.2, 0.25) is 0 Å². The Morgan fingerprint density at radius 2 is 2.06 bits per heavy atom. The molecule has 0 bridgehead atoms. The number of halogens is 1. The maximum absolute atomic E-state index is 12.2. The summed E-state index contributed by atoms with van der Waals surface area (Å²) in [6.45, 7) is 6.68. The van der Waals surface area contributed by atoms with Crippen molar-refractivity contribution in [3.63, 3.8) is 0 Å². The number of sulfonamides is 1. The molecule has 3 nitrogen and oxygen atoms in total. The number of nitrogens with zero attached hydrogens (tertiary/aromatic N) is 1. The highest BCUT2D eigenvalue weighted by atomic mass is 35.5. The van der Waals surface area contributed by atoms with Gasteiger partial charge in [0.15, 0.2) is 0 Å². The molecule has 0 aliphatic carbocycles. The molecule has 5 heteroatoms. The molecule has 0 aromatic rings. The molecule has 0 N–H and O–H groups in total. The van der Waals surface area contributed by atoms with Gasteiger partial charge in [0.2, 0.25) is 10.0 Å². The predicted molar refractivity (Wildman–Crippen MR) is 68.2 cm³/mol. The predicted octanol–water partition coefficient (Wildman–Crippen LogP) is 2.31. The zero-order chi connectivity index (χ0) is 12.3. The lowest BCUT2D eigenvalue weighted by Crippen LogP contribution is -2.47. The van der Waals surface area contributed by atoms with Crippen LogP contribution in [0.4, 0.5) is 0 Å². The second kappa shape index (κ2) is 5.69. The van der Waals surface area contributed by atoms with Crippen LogP contribution in [0.25, 0.3) is 0 Å². The average Bonchev–Trinajstić information content (AvgIpc) is 2.21. The summed E-state index contributed by atoms with van der Waals surface area (Å²) in [4.78, 5) is 0. The maximum atomic E-state index is 12.2. The minimum Gasteiger partial charge on any atom is -0.212 e. The Labute approximate surface area is 104 Å². The highest BCUT2D eigenvalue weighted by Crippen LogP contribution is 2.26. The summed E-state index contributed by atoms with van der Waals surface area (Å²) >= 11 is 5.68. The molecular formula is C11H22ClNO2S. The van der Waals surface area contributed by atoms with Gasteiger partial charge in [-0.15, -0.1) is 11.6 Å². The molecule has 3 atom stereocenters. The molecule has 0 amide bonds. The van der Waals surface area contributed by atoms with Gasteiger partial charge in [0.1, 0.15) is 0 Å². The fourth-order valence-electron chi connectivity index (χ4n) is 2.19. The van der Waals surface area contributed by atoms with Gasteiger partial charge in [-0.2, -0.15) is 4.31 Å². The van der Waals surface area contributed by atoms with Gasteiger partial charge in [0, 0.05) is 18.5 Å². The minimum absolute atomic E-state index is 0.0242. The van der Waals surface area contributed by atoms with Crippen molar-refractivity contribution in [3.8, 4) is 0 Å². The molecule has 1 aliphatic heterocycles. The maximum Gasteiger partial charge on any atom is 0.214 e. The summed E-state index contributed by atoms with van der Waals surface area (Å²) in [5.41, 5.74) is 0. The molecule has 0 aromatic heterocycles. The van der Waals surface area contributed by atoms with Gasteiger partial charge < -0.3 is 0 Å². The topological polar surface area (TPSA) is 37.4 Å². The summed E-state index contributed by atoms with van der Waals surface area (Å²) in [5.74, 6) is 1.05. The zero-order valence-corrected chi connectivity index (χ0v) is 11.9. The number of piperidine rings is 1. The molecule has 1 rings (SSSR count). The molecule has 0 aromatic carbocycles. The Morgan fingerprint density at radius 3 is 2.62 bits per heavy atom. The second-order valence-corrected chi connectivity index (χ2v) is 7.28. The Morgan fingerprint density at radius 1 is 1.44 bits per heavy atom. The molecule has 1 fully saturated rings. The molecule has 1 aliphatic rings. The first kappa shape index (κ1) is 14.3. The van der Waals surface area contributed by atoms with Crippen LogP contribution in [0.15, 0.2) is 0 Å². The van der Waals surface area contributed by atoms with E-state index in [-0.39, 0.29) is 17.7 Å². The second-order valence-electron chi connectivity index (χ2n) is 5.01. The van der Waals surface area contributed by atoms with Crippen molar-refractivity contribution < 1.29 is 8.42 Å². The molecule has 3 unspecified atom stereocenters. The summed E-state index contributed by atoms with van der Waals surface area (Å²) in [6.07, 6.45) is 2.10. The van der Waals surface area contributed by atoms with Gasteiger partial charge in [-0.25, -0.2) is 8.42 Å². The molecule has 0 radical (unpaired) electrons. The van der Waals surface area contributed by atoms with Crippen molar-refractivity contribution in [1.29, 1.82) is 0 Å². The molecule has 1 saturated heterocycles. The Balaban J connectivity index is 2.74. The largest absolute Gasteiger partial charge is 0.214 e. The van der Waals surface area contributed by atoms with Gasteiger partial charge in [-0.05, 0) is 31.6 Å². The Bertz CT molecular complexity index is 318. The van der Waals surface area contributed by atoms with E-state index in [0.29, 0.717) is 18.3 Å². The van der Waals surface area contributed by atoms with E-state index in [1.807, 2.05) is 13.8 Å². The first-order chi connectivity index (χ1) is 7.38. The van der Waals surface area contributed by atoms with Crippen molar-refractivity contribution in [1.82, 2.24) is 4.31 Å². The fraction of sp³-hybridized carbons (Fsp3) is 1.00. The van der Waals surface area contributed by atoms with Gasteiger partial charge in [-0.3, -0.25) is 0 Å². The molecule has 0 saturated carbocycles. The third-order valence-corrected chi connectivity index (χ3v) is 6.18. The van der Waals surface area contributed by atoms with Crippen LogP contribution >= 0.6 is 11.6 Å². The fourth-order valence-corrected chi connectivity index (χ4v) is 4.58. The smallest absolute Gasteiger partial charge is 0.212 e. The lowest BCUT2D eigenvalue weighted by molar-refractivity contribution is 0.201. The van der Waals surface area contributed by atoms with Crippen LogP contribution in [0.1, 0.15) is 33.6 Å². The number of alkyl halides is 1. The molecular weight excluding hydrogens is 246 g/mol. The summed E-state index contributed by atoms with van der Waals surface area (Å²) in [5, 5.41) is 0. The summed E-state index contributed by atoms with van der Waals surface area (Å²) in [6, 6.07) is 0.126. The number of hydrogen-bond acceptors (Lipinski definition) is 2. The van der Waals surface area contributed by atoms with Crippen molar-refractivity contribution in [2.45, 2.75) is 39.7 Å². The highest BCUT2D eigenvalue weighted by molar-refractivity contribution is 7.89. The Kier molecular flexibility index (Phi) is 5.08. The average molecular weight is 268 g/mol. The van der Waals surface area contributed by atoms with E-state index >= 15 is 0 Å². The quantitative estimate of drug-likeness (QED) is 0.733. The van der Waals surface area contributed by atoms with Crippen LogP contribution in [0.3, 0.4) is 0 Å². The first-order valence-electron chi connectivity index (χ1n) is 5.94. The van der Waals surface area contributed by atoms with E-state index in [0.717, 1.165) is 12.8 Å². The van der Waals surface area contributed by atoms with Crippen molar-refractivity contribution >= 4 is 21.6 Å². The normalized spacial score (nSPS) is 30.2. The lowest BCUT2D eigenvalue weighted by Gasteiger charge is -2.37. The third kappa shape index (κ3) is 3.34. The zero-order valence-electron chi connectivity index (χ0n) is 10.3. The van der Waals surface area contributed by atoms with Gasteiger partial charge in [-0.1, -0.05) is 13.8 Å². The van der Waals surface area contributed by atoms with Crippen molar-refractivity contribution in [3.05, 3.63) is 0 Å².